The number of hydrazone groups is 1. The van der Waals surface area contributed by atoms with E-state index < -0.39 is 0 Å². The van der Waals surface area contributed by atoms with E-state index in [1.807, 2.05) is 72.8 Å². The van der Waals surface area contributed by atoms with E-state index in [-0.39, 0.29) is 16.8 Å². The number of allylic oxidation sites excluding steroid dienone is 4. The third kappa shape index (κ3) is 4.82. The summed E-state index contributed by atoms with van der Waals surface area (Å²) in [6, 6.07) is 24.2. The van der Waals surface area contributed by atoms with Crippen LogP contribution in [-0.2, 0) is 0 Å². The Hall–Kier alpha value is -4.34. The minimum absolute atomic E-state index is 0.0272. The highest BCUT2D eigenvalue weighted by molar-refractivity contribution is 6.10. The first-order chi connectivity index (χ1) is 13.1. The normalized spacial score (nSPS) is 12.2. The van der Waals surface area contributed by atoms with Gasteiger partial charge < -0.3 is 5.73 Å². The van der Waals surface area contributed by atoms with Crippen LogP contribution >= 0.6 is 0 Å². The Bertz CT molecular complexity index is 1010. The van der Waals surface area contributed by atoms with Crippen LogP contribution in [0.5, 0.6) is 0 Å². The van der Waals surface area contributed by atoms with Gasteiger partial charge in [-0.05, 0) is 18.2 Å². The van der Waals surface area contributed by atoms with Crippen LogP contribution in [0.15, 0.2) is 88.7 Å². The summed E-state index contributed by atoms with van der Waals surface area (Å²) >= 11 is 0. The number of nitriles is 3. The predicted octanol–water partition coefficient (Wildman–Crippen LogP) is 3.24. The van der Waals surface area contributed by atoms with Crippen LogP contribution in [0.25, 0.3) is 0 Å². The molecule has 0 aliphatic carbocycles. The molecule has 27 heavy (non-hydrogen) atoms. The molecule has 0 radical (unpaired) electrons. The molecule has 0 unspecified atom stereocenters. The molecule has 6 nitrogen and oxygen atoms in total. The second kappa shape index (κ2) is 9.22. The summed E-state index contributed by atoms with van der Waals surface area (Å²) in [5.74, 6) is 0. The molecule has 2 aromatic rings. The number of para-hydroxylation sites is 1. The van der Waals surface area contributed by atoms with Gasteiger partial charge in [-0.25, -0.2) is 0 Å². The van der Waals surface area contributed by atoms with E-state index in [0.717, 1.165) is 11.3 Å². The Morgan fingerprint density at radius 2 is 1.52 bits per heavy atom. The molecule has 6 heteroatoms. The topological polar surface area (TPSA) is 113 Å². The van der Waals surface area contributed by atoms with Gasteiger partial charge in [-0.3, -0.25) is 5.01 Å². The van der Waals surface area contributed by atoms with E-state index in [1.165, 1.54) is 6.08 Å². The zero-order valence-corrected chi connectivity index (χ0v) is 14.7. The molecule has 0 saturated carbocycles. The maximum atomic E-state index is 9.48. The van der Waals surface area contributed by atoms with Gasteiger partial charge in [0.15, 0.2) is 0 Å². The lowest BCUT2D eigenvalue weighted by Crippen LogP contribution is -2.13. The lowest BCUT2D eigenvalue weighted by molar-refractivity contribution is 1.02. The van der Waals surface area contributed by atoms with Crippen LogP contribution in [-0.4, -0.2) is 12.8 Å². The summed E-state index contributed by atoms with van der Waals surface area (Å²) < 4.78 is 0. The molecule has 0 amide bonds. The van der Waals surface area contributed by atoms with Gasteiger partial charge in [-0.2, -0.15) is 20.9 Å². The highest BCUT2D eigenvalue weighted by Crippen LogP contribution is 2.16. The fourth-order valence-corrected chi connectivity index (χ4v) is 2.26. The van der Waals surface area contributed by atoms with Crippen LogP contribution in [0.1, 0.15) is 5.56 Å². The van der Waals surface area contributed by atoms with Crippen LogP contribution in [0.4, 0.5) is 5.69 Å². The quantitative estimate of drug-likeness (QED) is 0.384. The standard InChI is InChI=1S/C21H16N6/c1-27(18-10-6-3-7-11-18)26-21(16-8-4-2-5-9-16)12-17(13-22)19(14-23)20(25)15-24/h2-12H,25H2,1H3/b17-12+,20-19+,26-21+. The number of rotatable bonds is 5. The van der Waals surface area contributed by atoms with Gasteiger partial charge in [0.25, 0.3) is 0 Å². The van der Waals surface area contributed by atoms with Gasteiger partial charge in [0.1, 0.15) is 29.5 Å². The van der Waals surface area contributed by atoms with Crippen molar-refractivity contribution in [2.45, 2.75) is 0 Å². The van der Waals surface area contributed by atoms with Gasteiger partial charge in [-0.15, -0.1) is 0 Å². The minimum atomic E-state index is -0.311. The van der Waals surface area contributed by atoms with Crippen LogP contribution in [0, 0.1) is 34.0 Å². The third-order valence-electron chi connectivity index (χ3n) is 3.63. The average molecular weight is 352 g/mol. The zero-order valence-electron chi connectivity index (χ0n) is 14.7. The van der Waals surface area contributed by atoms with Gasteiger partial charge >= 0.3 is 0 Å². The molecule has 2 N–H and O–H groups in total. The number of hydrogen-bond donors (Lipinski definition) is 1. The van der Waals surface area contributed by atoms with E-state index >= 15 is 0 Å². The molecule has 0 saturated heterocycles. The van der Waals surface area contributed by atoms with Crippen LogP contribution in [0.2, 0.25) is 0 Å². The van der Waals surface area contributed by atoms with E-state index in [4.69, 9.17) is 11.0 Å². The molecule has 130 valence electrons. The molecular weight excluding hydrogens is 336 g/mol. The fraction of sp³-hybridized carbons (Fsp3) is 0.0476. The molecule has 0 fully saturated rings. The van der Waals surface area contributed by atoms with Crippen molar-refractivity contribution < 1.29 is 0 Å². The Kier molecular flexibility index (Phi) is 6.49. The van der Waals surface area contributed by atoms with Crippen molar-refractivity contribution in [2.75, 3.05) is 12.1 Å². The third-order valence-corrected chi connectivity index (χ3v) is 3.63. The summed E-state index contributed by atoms with van der Waals surface area (Å²) in [6.07, 6.45) is 1.46. The van der Waals surface area contributed by atoms with Crippen LogP contribution in [0.3, 0.4) is 0 Å². The van der Waals surface area contributed by atoms with E-state index in [1.54, 1.807) is 18.1 Å². The Balaban J connectivity index is 2.61. The first-order valence-electron chi connectivity index (χ1n) is 7.95. The monoisotopic (exact) mass is 352 g/mol. The second-order valence-corrected chi connectivity index (χ2v) is 5.39. The largest absolute Gasteiger partial charge is 0.389 e. The molecule has 0 spiro atoms. The fourth-order valence-electron chi connectivity index (χ4n) is 2.26. The first kappa shape index (κ1) is 19.0. The SMILES string of the molecule is CN(\N=C(/C=C(C#N)/C(C#N)=C(/N)C#N)c1ccccc1)c1ccccc1. The van der Waals surface area contributed by atoms with Crippen LogP contribution < -0.4 is 10.7 Å². The molecule has 2 rings (SSSR count). The molecule has 0 bridgehead atoms. The van der Waals surface area contributed by atoms with Crippen molar-refractivity contribution in [3.05, 3.63) is 89.1 Å². The van der Waals surface area contributed by atoms with Gasteiger partial charge in [0.05, 0.1) is 17.0 Å². The molecule has 2 aromatic carbocycles. The lowest BCUT2D eigenvalue weighted by atomic mass is 10.0. The minimum Gasteiger partial charge on any atom is -0.389 e. The first-order valence-corrected chi connectivity index (χ1v) is 7.95. The number of nitrogens with zero attached hydrogens (tertiary/aromatic N) is 5. The summed E-state index contributed by atoms with van der Waals surface area (Å²) in [4.78, 5) is 0. The van der Waals surface area contributed by atoms with Crippen molar-refractivity contribution in [3.63, 3.8) is 0 Å². The van der Waals surface area contributed by atoms with Crippen molar-refractivity contribution in [3.8, 4) is 18.2 Å². The second-order valence-electron chi connectivity index (χ2n) is 5.39. The van der Waals surface area contributed by atoms with Crippen molar-refractivity contribution in [2.24, 2.45) is 10.8 Å². The molecule has 0 heterocycles. The summed E-state index contributed by atoms with van der Waals surface area (Å²) in [5, 5.41) is 34.0. The van der Waals surface area contributed by atoms with Crippen molar-refractivity contribution >= 4 is 11.4 Å². The number of benzene rings is 2. The van der Waals surface area contributed by atoms with Crippen molar-refractivity contribution in [1.29, 1.82) is 15.8 Å². The number of hydrogen-bond acceptors (Lipinski definition) is 6. The smallest absolute Gasteiger partial charge is 0.130 e. The number of anilines is 1. The van der Waals surface area contributed by atoms with Gasteiger partial charge in [-0.1, -0.05) is 48.5 Å². The Morgan fingerprint density at radius 1 is 0.926 bits per heavy atom. The maximum absolute atomic E-state index is 9.48. The van der Waals surface area contributed by atoms with E-state index in [0.29, 0.717) is 5.71 Å². The van der Waals surface area contributed by atoms with E-state index in [2.05, 4.69) is 5.10 Å². The Morgan fingerprint density at radius 3 is 2.04 bits per heavy atom. The Labute approximate surface area is 158 Å². The molecule has 0 atom stereocenters. The molecule has 0 aliphatic rings. The van der Waals surface area contributed by atoms with Gasteiger partial charge in [0, 0.05) is 12.6 Å². The highest BCUT2D eigenvalue weighted by Gasteiger charge is 2.12. The zero-order chi connectivity index (χ0) is 19.6. The molecular formula is C21H16N6. The lowest BCUT2D eigenvalue weighted by Gasteiger charge is -2.15. The van der Waals surface area contributed by atoms with Crippen molar-refractivity contribution in [1.82, 2.24) is 0 Å². The molecule has 0 aliphatic heterocycles. The number of nitrogens with two attached hydrogens (primary N) is 1. The highest BCUT2D eigenvalue weighted by atomic mass is 15.4. The van der Waals surface area contributed by atoms with E-state index in [9.17, 15) is 10.5 Å². The average Bonchev–Trinajstić information content (AvgIpc) is 2.73. The predicted molar refractivity (Wildman–Crippen MR) is 104 cm³/mol. The summed E-state index contributed by atoms with van der Waals surface area (Å²) in [6.45, 7) is 0. The maximum Gasteiger partial charge on any atom is 0.130 e. The molecule has 0 aromatic heterocycles. The summed E-state index contributed by atoms with van der Waals surface area (Å²) in [7, 11) is 1.78. The van der Waals surface area contributed by atoms with Gasteiger partial charge in [0.2, 0.25) is 0 Å². The summed E-state index contributed by atoms with van der Waals surface area (Å²) in [5.41, 5.74) is 7.11.